The number of carbonyl (C=O) groups excluding carboxylic acids is 2. The second kappa shape index (κ2) is 8.06. The molecule has 0 heterocycles. The van der Waals surface area contributed by atoms with E-state index in [0.29, 0.717) is 5.56 Å². The van der Waals surface area contributed by atoms with Gasteiger partial charge >= 0.3 is 12.1 Å². The van der Waals surface area contributed by atoms with E-state index in [1.165, 1.54) is 7.11 Å². The van der Waals surface area contributed by atoms with Gasteiger partial charge < -0.3 is 14.6 Å². The van der Waals surface area contributed by atoms with Gasteiger partial charge in [-0.05, 0) is 12.5 Å². The topological polar surface area (TPSA) is 85.2 Å². The molecular weight excluding hydrogens is 262 g/mol. The molecule has 0 aromatic heterocycles. The molecule has 1 rings (SSSR count). The van der Waals surface area contributed by atoms with Gasteiger partial charge in [0, 0.05) is 6.21 Å². The van der Waals surface area contributed by atoms with Crippen molar-refractivity contribution in [3.05, 3.63) is 35.9 Å². The molecule has 0 fully saturated rings. The van der Waals surface area contributed by atoms with Crippen LogP contribution in [0.4, 0.5) is 4.79 Å². The van der Waals surface area contributed by atoms with E-state index < -0.39 is 24.1 Å². The van der Waals surface area contributed by atoms with Crippen molar-refractivity contribution in [2.75, 3.05) is 13.7 Å². The van der Waals surface area contributed by atoms with Crippen LogP contribution in [-0.4, -0.2) is 37.1 Å². The van der Waals surface area contributed by atoms with Crippen LogP contribution in [-0.2, 0) is 14.3 Å². The fourth-order valence-electron chi connectivity index (χ4n) is 1.57. The lowest BCUT2D eigenvalue weighted by Gasteiger charge is -2.17. The third kappa shape index (κ3) is 4.47. The average Bonchev–Trinajstić information content (AvgIpc) is 2.48. The number of hydrogen-bond donors (Lipinski definition) is 1. The lowest BCUT2D eigenvalue weighted by Crippen LogP contribution is -2.25. The quantitative estimate of drug-likeness (QED) is 0.655. The van der Waals surface area contributed by atoms with Gasteiger partial charge in [-0.2, -0.15) is 4.99 Å². The van der Waals surface area contributed by atoms with E-state index in [1.54, 1.807) is 37.3 Å². The molecule has 6 heteroatoms. The van der Waals surface area contributed by atoms with Crippen LogP contribution in [0.25, 0.3) is 0 Å². The second-order valence-electron chi connectivity index (χ2n) is 3.88. The lowest BCUT2D eigenvalue weighted by molar-refractivity contribution is -0.146. The van der Waals surface area contributed by atoms with Gasteiger partial charge in [0.2, 0.25) is 0 Å². The van der Waals surface area contributed by atoms with Crippen molar-refractivity contribution in [2.45, 2.75) is 13.0 Å². The zero-order chi connectivity index (χ0) is 15.0. The van der Waals surface area contributed by atoms with E-state index in [4.69, 9.17) is 0 Å². The number of amides is 1. The highest BCUT2D eigenvalue weighted by Crippen LogP contribution is 2.21. The van der Waals surface area contributed by atoms with Crippen molar-refractivity contribution in [3.8, 4) is 0 Å². The van der Waals surface area contributed by atoms with Gasteiger partial charge in [-0.3, -0.25) is 4.79 Å². The van der Waals surface area contributed by atoms with E-state index >= 15 is 0 Å². The van der Waals surface area contributed by atoms with Gasteiger partial charge in [0.05, 0.1) is 19.8 Å². The minimum atomic E-state index is -1.15. The number of aliphatic hydroxyl groups is 1. The number of aliphatic hydroxyl groups excluding tert-OH is 1. The molecular formula is C14H17NO5. The summed E-state index contributed by atoms with van der Waals surface area (Å²) in [4.78, 5) is 26.3. The van der Waals surface area contributed by atoms with Gasteiger partial charge in [-0.25, -0.2) is 4.79 Å². The number of ether oxygens (including phenoxy) is 2. The Labute approximate surface area is 117 Å². The summed E-state index contributed by atoms with van der Waals surface area (Å²) in [6.07, 6.45) is -0.926. The van der Waals surface area contributed by atoms with Crippen LogP contribution in [0.2, 0.25) is 0 Å². The number of hydrogen-bond acceptors (Lipinski definition) is 5. The van der Waals surface area contributed by atoms with E-state index in [-0.39, 0.29) is 6.61 Å². The number of aliphatic imine (C=N–C) groups is 1. The minimum absolute atomic E-state index is 0.181. The first-order chi connectivity index (χ1) is 9.60. The van der Waals surface area contributed by atoms with E-state index in [2.05, 4.69) is 14.5 Å². The summed E-state index contributed by atoms with van der Waals surface area (Å²) in [5, 5.41) is 10.2. The highest BCUT2D eigenvalue weighted by atomic mass is 16.5. The van der Waals surface area contributed by atoms with Crippen LogP contribution in [0.3, 0.4) is 0 Å². The predicted octanol–water partition coefficient (Wildman–Crippen LogP) is 1.74. The maximum Gasteiger partial charge on any atom is 0.433 e. The Morgan fingerprint density at radius 1 is 1.35 bits per heavy atom. The van der Waals surface area contributed by atoms with Crippen molar-refractivity contribution >= 4 is 18.3 Å². The normalized spacial score (nSPS) is 13.8. The number of rotatable bonds is 5. The third-order valence-electron chi connectivity index (χ3n) is 2.56. The average molecular weight is 279 g/mol. The monoisotopic (exact) mass is 279 g/mol. The molecule has 0 radical (unpaired) electrons. The smallest absolute Gasteiger partial charge is 0.433 e. The van der Waals surface area contributed by atoms with Crippen LogP contribution < -0.4 is 0 Å². The van der Waals surface area contributed by atoms with Gasteiger partial charge in [-0.15, -0.1) is 0 Å². The summed E-state index contributed by atoms with van der Waals surface area (Å²) in [6, 6.07) is 8.58. The number of benzene rings is 1. The van der Waals surface area contributed by atoms with E-state index in [1.807, 2.05) is 0 Å². The zero-order valence-corrected chi connectivity index (χ0v) is 11.4. The molecule has 0 spiro atoms. The Balaban J connectivity index is 2.90. The number of nitrogens with zero attached hydrogens (tertiary/aromatic N) is 1. The molecule has 0 bridgehead atoms. The standard InChI is InChI=1S/C14H17NO5/c1-3-20-14(18)15-9-11(13(17)19-2)12(16)10-7-5-4-6-8-10/h4-9,11-12,16H,3H2,1-2H3/b15-9+. The molecule has 1 aromatic carbocycles. The van der Waals surface area contributed by atoms with Crippen LogP contribution in [0.5, 0.6) is 0 Å². The van der Waals surface area contributed by atoms with Gasteiger partial charge in [-0.1, -0.05) is 30.3 Å². The summed E-state index contributed by atoms with van der Waals surface area (Å²) in [6.45, 7) is 1.82. The van der Waals surface area contributed by atoms with Crippen molar-refractivity contribution < 1.29 is 24.2 Å². The van der Waals surface area contributed by atoms with Gasteiger partial charge in [0.15, 0.2) is 0 Å². The van der Waals surface area contributed by atoms with Crippen LogP contribution in [0, 0.1) is 5.92 Å². The highest BCUT2D eigenvalue weighted by molar-refractivity contribution is 5.94. The maximum absolute atomic E-state index is 11.7. The Kier molecular flexibility index (Phi) is 6.39. The largest absolute Gasteiger partial charge is 0.468 e. The fraction of sp³-hybridized carbons (Fsp3) is 0.357. The van der Waals surface area contributed by atoms with Crippen molar-refractivity contribution in [3.63, 3.8) is 0 Å². The van der Waals surface area contributed by atoms with Crippen LogP contribution in [0.1, 0.15) is 18.6 Å². The van der Waals surface area contributed by atoms with Crippen LogP contribution >= 0.6 is 0 Å². The molecule has 108 valence electrons. The Bertz CT molecular complexity index is 472. The molecule has 1 aromatic rings. The Morgan fingerprint density at radius 3 is 2.55 bits per heavy atom. The highest BCUT2D eigenvalue weighted by Gasteiger charge is 2.27. The summed E-state index contributed by atoms with van der Waals surface area (Å²) >= 11 is 0. The summed E-state index contributed by atoms with van der Waals surface area (Å²) < 4.78 is 9.23. The maximum atomic E-state index is 11.7. The molecule has 0 saturated heterocycles. The summed E-state index contributed by atoms with van der Waals surface area (Å²) in [7, 11) is 1.20. The predicted molar refractivity (Wildman–Crippen MR) is 72.4 cm³/mol. The molecule has 0 aliphatic rings. The lowest BCUT2D eigenvalue weighted by atomic mass is 9.97. The molecule has 2 atom stereocenters. The Morgan fingerprint density at radius 2 is 2.00 bits per heavy atom. The number of esters is 1. The molecule has 20 heavy (non-hydrogen) atoms. The van der Waals surface area contributed by atoms with Crippen LogP contribution in [0.15, 0.2) is 35.3 Å². The fourth-order valence-corrected chi connectivity index (χ4v) is 1.57. The van der Waals surface area contributed by atoms with E-state index in [9.17, 15) is 14.7 Å². The number of carbonyl (C=O) groups is 2. The van der Waals surface area contributed by atoms with Crippen molar-refractivity contribution in [2.24, 2.45) is 10.9 Å². The minimum Gasteiger partial charge on any atom is -0.468 e. The SMILES string of the molecule is CCOC(=O)/N=C/C(C(=O)OC)C(O)c1ccccc1. The Hall–Kier alpha value is -2.21. The van der Waals surface area contributed by atoms with Crippen molar-refractivity contribution in [1.29, 1.82) is 0 Å². The molecule has 2 unspecified atom stereocenters. The van der Waals surface area contributed by atoms with Gasteiger partial charge in [0.25, 0.3) is 0 Å². The van der Waals surface area contributed by atoms with E-state index in [0.717, 1.165) is 6.21 Å². The molecule has 6 nitrogen and oxygen atoms in total. The first kappa shape index (κ1) is 15.8. The molecule has 0 saturated carbocycles. The summed E-state index contributed by atoms with van der Waals surface area (Å²) in [5.41, 5.74) is 0.526. The third-order valence-corrected chi connectivity index (χ3v) is 2.56. The van der Waals surface area contributed by atoms with Crippen molar-refractivity contribution in [1.82, 2.24) is 0 Å². The first-order valence-corrected chi connectivity index (χ1v) is 6.12. The zero-order valence-electron chi connectivity index (χ0n) is 11.4. The molecule has 0 aliphatic heterocycles. The molecule has 1 amide bonds. The molecule has 1 N–H and O–H groups in total. The van der Waals surface area contributed by atoms with Gasteiger partial charge in [0.1, 0.15) is 5.92 Å². The molecule has 0 aliphatic carbocycles. The summed E-state index contributed by atoms with van der Waals surface area (Å²) in [5.74, 6) is -1.76. The second-order valence-corrected chi connectivity index (χ2v) is 3.88. The number of methoxy groups -OCH3 is 1. The first-order valence-electron chi connectivity index (χ1n) is 6.12.